The second kappa shape index (κ2) is 5.03. The van der Waals surface area contributed by atoms with Crippen molar-refractivity contribution in [3.8, 4) is 0 Å². The van der Waals surface area contributed by atoms with E-state index in [0.29, 0.717) is 5.54 Å². The van der Waals surface area contributed by atoms with Crippen molar-refractivity contribution in [2.75, 3.05) is 32.7 Å². The van der Waals surface area contributed by atoms with Crippen molar-refractivity contribution in [3.63, 3.8) is 0 Å². The molecule has 1 rings (SSSR count). The smallest absolute Gasteiger partial charge is 0.0126 e. The molecule has 0 aromatic heterocycles. The maximum absolute atomic E-state index is 6.01. The molecule has 1 heterocycles. The Morgan fingerprint density at radius 2 is 1.44 bits per heavy atom. The van der Waals surface area contributed by atoms with Gasteiger partial charge in [0.05, 0.1) is 0 Å². The lowest BCUT2D eigenvalue weighted by molar-refractivity contribution is 0.0597. The number of hydrogen-bond donors (Lipinski definition) is 1. The highest BCUT2D eigenvalue weighted by atomic mass is 15.3. The Bertz CT molecular complexity index is 204. The third-order valence-corrected chi connectivity index (χ3v) is 3.39. The van der Waals surface area contributed by atoms with E-state index in [9.17, 15) is 0 Å². The zero-order valence-electron chi connectivity index (χ0n) is 11.7. The van der Waals surface area contributed by atoms with E-state index in [1.54, 1.807) is 0 Å². The molecule has 2 N–H and O–H groups in total. The Hall–Kier alpha value is -0.120. The van der Waals surface area contributed by atoms with Gasteiger partial charge in [0.1, 0.15) is 0 Å². The van der Waals surface area contributed by atoms with Crippen LogP contribution in [0, 0.1) is 0 Å². The lowest BCUT2D eigenvalue weighted by Gasteiger charge is -2.42. The van der Waals surface area contributed by atoms with E-state index in [1.165, 1.54) is 26.2 Å². The first-order valence-electron chi connectivity index (χ1n) is 6.45. The van der Waals surface area contributed by atoms with Crippen LogP contribution >= 0.6 is 0 Å². The second-order valence-electron chi connectivity index (χ2n) is 6.74. The zero-order valence-corrected chi connectivity index (χ0v) is 11.7. The Morgan fingerprint density at radius 3 is 1.81 bits per heavy atom. The molecule has 0 unspecified atom stereocenters. The van der Waals surface area contributed by atoms with Crippen LogP contribution in [0.4, 0.5) is 0 Å². The van der Waals surface area contributed by atoms with Gasteiger partial charge in [0.15, 0.2) is 0 Å². The average Bonchev–Trinajstić information content (AvgIpc) is 2.13. The summed E-state index contributed by atoms with van der Waals surface area (Å²) in [7, 11) is 0. The molecule has 0 radical (unpaired) electrons. The fourth-order valence-electron chi connectivity index (χ4n) is 2.09. The molecular formula is C13H29N3. The molecule has 0 aliphatic carbocycles. The molecule has 0 atom stereocenters. The number of nitrogens with zero attached hydrogens (tertiary/aromatic N) is 2. The van der Waals surface area contributed by atoms with Gasteiger partial charge in [-0.2, -0.15) is 0 Å². The molecule has 0 saturated carbocycles. The van der Waals surface area contributed by atoms with E-state index < -0.39 is 0 Å². The van der Waals surface area contributed by atoms with E-state index in [0.717, 1.165) is 13.0 Å². The summed E-state index contributed by atoms with van der Waals surface area (Å²) in [5.74, 6) is 0. The maximum Gasteiger partial charge on any atom is 0.0126 e. The van der Waals surface area contributed by atoms with Gasteiger partial charge in [0.2, 0.25) is 0 Å². The van der Waals surface area contributed by atoms with Crippen LogP contribution in [-0.2, 0) is 0 Å². The molecule has 0 aromatic rings. The van der Waals surface area contributed by atoms with Gasteiger partial charge in [0, 0.05) is 37.3 Å². The topological polar surface area (TPSA) is 32.5 Å². The summed E-state index contributed by atoms with van der Waals surface area (Å²) >= 11 is 0. The number of nitrogens with two attached hydrogens (primary N) is 1. The highest BCUT2D eigenvalue weighted by Crippen LogP contribution is 2.16. The van der Waals surface area contributed by atoms with Crippen LogP contribution in [0.25, 0.3) is 0 Å². The molecule has 96 valence electrons. The van der Waals surface area contributed by atoms with Crippen molar-refractivity contribution in [2.45, 2.75) is 52.1 Å². The van der Waals surface area contributed by atoms with Gasteiger partial charge in [-0.05, 0) is 47.6 Å². The molecule has 1 aliphatic rings. The molecule has 0 bridgehead atoms. The third kappa shape index (κ3) is 4.81. The average molecular weight is 227 g/mol. The van der Waals surface area contributed by atoms with Gasteiger partial charge in [-0.25, -0.2) is 0 Å². The minimum atomic E-state index is -0.0266. The van der Waals surface area contributed by atoms with Crippen molar-refractivity contribution in [1.82, 2.24) is 9.80 Å². The molecule has 0 amide bonds. The third-order valence-electron chi connectivity index (χ3n) is 3.39. The monoisotopic (exact) mass is 227 g/mol. The highest BCUT2D eigenvalue weighted by molar-refractivity contribution is 4.83. The minimum absolute atomic E-state index is 0.0266. The Kier molecular flexibility index (Phi) is 4.38. The standard InChI is InChI=1S/C13H29N3/c1-12(2,3)16-10-8-15(9-11-16)7-6-13(4,5)14/h6-11,14H2,1-5H3. The van der Waals surface area contributed by atoms with E-state index in [2.05, 4.69) is 44.4 Å². The summed E-state index contributed by atoms with van der Waals surface area (Å²) in [5.41, 5.74) is 6.30. The van der Waals surface area contributed by atoms with Crippen LogP contribution in [0.15, 0.2) is 0 Å². The van der Waals surface area contributed by atoms with Crippen LogP contribution in [0.5, 0.6) is 0 Å². The van der Waals surface area contributed by atoms with Crippen molar-refractivity contribution >= 4 is 0 Å². The van der Waals surface area contributed by atoms with E-state index in [4.69, 9.17) is 5.73 Å². The summed E-state index contributed by atoms with van der Waals surface area (Å²) in [6, 6.07) is 0. The minimum Gasteiger partial charge on any atom is -0.326 e. The first-order chi connectivity index (χ1) is 7.18. The molecule has 3 nitrogen and oxygen atoms in total. The fraction of sp³-hybridized carbons (Fsp3) is 1.00. The van der Waals surface area contributed by atoms with Crippen molar-refractivity contribution in [3.05, 3.63) is 0 Å². The predicted molar refractivity (Wildman–Crippen MR) is 70.6 cm³/mol. The Morgan fingerprint density at radius 1 is 0.938 bits per heavy atom. The van der Waals surface area contributed by atoms with Crippen LogP contribution < -0.4 is 5.73 Å². The first-order valence-corrected chi connectivity index (χ1v) is 6.45. The number of rotatable bonds is 3. The summed E-state index contributed by atoms with van der Waals surface area (Å²) < 4.78 is 0. The molecule has 1 aliphatic heterocycles. The molecule has 1 fully saturated rings. The number of hydrogen-bond acceptors (Lipinski definition) is 3. The molecule has 1 saturated heterocycles. The summed E-state index contributed by atoms with van der Waals surface area (Å²) in [6.07, 6.45) is 1.09. The van der Waals surface area contributed by atoms with Gasteiger partial charge < -0.3 is 10.6 Å². The van der Waals surface area contributed by atoms with E-state index >= 15 is 0 Å². The van der Waals surface area contributed by atoms with Crippen molar-refractivity contribution in [1.29, 1.82) is 0 Å². The maximum atomic E-state index is 6.01. The highest BCUT2D eigenvalue weighted by Gasteiger charge is 2.26. The Balaban J connectivity index is 2.28. The van der Waals surface area contributed by atoms with Crippen molar-refractivity contribution in [2.24, 2.45) is 5.73 Å². The van der Waals surface area contributed by atoms with Gasteiger partial charge in [-0.3, -0.25) is 4.90 Å². The second-order valence-corrected chi connectivity index (χ2v) is 6.74. The van der Waals surface area contributed by atoms with Gasteiger partial charge in [-0.1, -0.05) is 0 Å². The summed E-state index contributed by atoms with van der Waals surface area (Å²) in [6.45, 7) is 17.0. The lowest BCUT2D eigenvalue weighted by atomic mass is 10.0. The first kappa shape index (κ1) is 13.9. The predicted octanol–water partition coefficient (Wildman–Crippen LogP) is 1.53. The van der Waals surface area contributed by atoms with Gasteiger partial charge >= 0.3 is 0 Å². The van der Waals surface area contributed by atoms with E-state index in [1.807, 2.05) is 0 Å². The molecule has 3 heteroatoms. The van der Waals surface area contributed by atoms with Gasteiger partial charge in [-0.15, -0.1) is 0 Å². The van der Waals surface area contributed by atoms with Crippen molar-refractivity contribution < 1.29 is 0 Å². The fourth-order valence-corrected chi connectivity index (χ4v) is 2.09. The summed E-state index contributed by atoms with van der Waals surface area (Å²) in [5, 5.41) is 0. The summed E-state index contributed by atoms with van der Waals surface area (Å²) in [4.78, 5) is 5.11. The zero-order chi connectivity index (χ0) is 12.4. The molecule has 16 heavy (non-hydrogen) atoms. The quantitative estimate of drug-likeness (QED) is 0.793. The van der Waals surface area contributed by atoms with Crippen LogP contribution in [-0.4, -0.2) is 53.6 Å². The normalized spacial score (nSPS) is 21.4. The lowest BCUT2D eigenvalue weighted by Crippen LogP contribution is -2.54. The Labute approximate surface area is 101 Å². The van der Waals surface area contributed by atoms with E-state index in [-0.39, 0.29) is 5.54 Å². The SMILES string of the molecule is CC(C)(N)CCN1CCN(C(C)(C)C)CC1. The molecular weight excluding hydrogens is 198 g/mol. The van der Waals surface area contributed by atoms with Crippen LogP contribution in [0.3, 0.4) is 0 Å². The molecule has 0 aromatic carbocycles. The van der Waals surface area contributed by atoms with Crippen LogP contribution in [0.1, 0.15) is 41.0 Å². The number of piperazine rings is 1. The van der Waals surface area contributed by atoms with Crippen LogP contribution in [0.2, 0.25) is 0 Å². The largest absolute Gasteiger partial charge is 0.326 e. The van der Waals surface area contributed by atoms with Gasteiger partial charge in [0.25, 0.3) is 0 Å². The molecule has 0 spiro atoms.